The zero-order valence-corrected chi connectivity index (χ0v) is 19.0. The maximum Gasteiger partial charge on any atom is 0.306 e. The van der Waals surface area contributed by atoms with E-state index in [4.69, 9.17) is 4.74 Å². The number of ether oxygens (including phenoxy) is 1. The van der Waals surface area contributed by atoms with Gasteiger partial charge in [-0.15, -0.1) is 0 Å². The van der Waals surface area contributed by atoms with E-state index in [1.165, 1.54) is 5.57 Å². The van der Waals surface area contributed by atoms with Crippen molar-refractivity contribution in [2.75, 3.05) is 0 Å². The summed E-state index contributed by atoms with van der Waals surface area (Å²) in [4.78, 5) is 37.6. The molecule has 0 saturated heterocycles. The van der Waals surface area contributed by atoms with Crippen molar-refractivity contribution in [1.82, 2.24) is 0 Å². The van der Waals surface area contributed by atoms with Crippen LogP contribution in [0.5, 0.6) is 0 Å². The molecule has 0 aromatic heterocycles. The van der Waals surface area contributed by atoms with E-state index in [0.717, 1.165) is 30.4 Å². The first kappa shape index (κ1) is 21.3. The van der Waals surface area contributed by atoms with Crippen LogP contribution in [-0.2, 0) is 19.1 Å². The van der Waals surface area contributed by atoms with Crippen LogP contribution in [0.2, 0.25) is 0 Å². The van der Waals surface area contributed by atoms with Gasteiger partial charge in [-0.25, -0.2) is 0 Å². The van der Waals surface area contributed by atoms with Crippen LogP contribution in [0, 0.1) is 28.6 Å². The average Bonchev–Trinajstić information content (AvgIpc) is 2.91. The minimum Gasteiger partial charge on any atom is -0.450 e. The second-order valence-electron chi connectivity index (χ2n) is 10.4. The molecule has 4 nitrogen and oxygen atoms in total. The first-order valence-electron chi connectivity index (χ1n) is 11.4. The Morgan fingerprint density at radius 3 is 2.63 bits per heavy atom. The Balaban J connectivity index is 1.83. The molecule has 0 bridgehead atoms. The fourth-order valence-electron chi connectivity index (χ4n) is 7.49. The van der Waals surface area contributed by atoms with Gasteiger partial charge in [-0.2, -0.15) is 0 Å². The smallest absolute Gasteiger partial charge is 0.306 e. The zero-order valence-electron chi connectivity index (χ0n) is 19.0. The molecule has 0 aromatic carbocycles. The number of ketones is 2. The third kappa shape index (κ3) is 2.55. The molecule has 0 aromatic rings. The summed E-state index contributed by atoms with van der Waals surface area (Å²) in [5.41, 5.74) is 1.90. The summed E-state index contributed by atoms with van der Waals surface area (Å²) >= 11 is 0. The minimum absolute atomic E-state index is 0.0285. The molecule has 0 amide bonds. The van der Waals surface area contributed by atoms with Crippen molar-refractivity contribution in [2.24, 2.45) is 28.6 Å². The summed E-state index contributed by atoms with van der Waals surface area (Å²) in [5.74, 6) is 0.344. The zero-order chi connectivity index (χ0) is 22.1. The van der Waals surface area contributed by atoms with Gasteiger partial charge in [0.2, 0.25) is 0 Å². The second-order valence-corrected chi connectivity index (χ2v) is 10.4. The van der Waals surface area contributed by atoms with Gasteiger partial charge < -0.3 is 4.74 Å². The van der Waals surface area contributed by atoms with E-state index in [1.807, 2.05) is 6.08 Å². The molecule has 0 radical (unpaired) electrons. The normalized spacial score (nSPS) is 42.5. The fourth-order valence-corrected chi connectivity index (χ4v) is 7.49. The molecule has 6 atom stereocenters. The SMILES string of the molecule is C=C1C[C@@H]2C(=CC[C@@]3(C)[C@H]2C[C@H](C)[C@]3(OC(=O)CC)C(C)=O)[C@@]2(C)CCC(=O)C=C12. The number of allylic oxidation sites excluding steroid dienone is 5. The number of carbonyl (C=O) groups excluding carboxylic acids is 3. The number of carbonyl (C=O) groups is 3. The summed E-state index contributed by atoms with van der Waals surface area (Å²) in [5, 5.41) is 0. The lowest BCUT2D eigenvalue weighted by Crippen LogP contribution is -2.58. The maximum atomic E-state index is 13.1. The standard InChI is InChI=1S/C26H34O4/c1-7-23(29)30-26(17(4)27)16(3)13-22-19-12-15(2)21-14-18(28)8-10-24(21,5)20(19)9-11-25(22,26)6/h9,14,16,19,22H,2,7-8,10-13H2,1,3-6H3/t16-,19+,22-,24+,25-,26-/m0/s1. The number of hydrogen-bond acceptors (Lipinski definition) is 4. The monoisotopic (exact) mass is 410 g/mol. The van der Waals surface area contributed by atoms with Crippen molar-refractivity contribution >= 4 is 17.5 Å². The van der Waals surface area contributed by atoms with Crippen LogP contribution < -0.4 is 0 Å². The number of Topliss-reactive ketones (excluding diaryl/α,β-unsaturated/α-hetero) is 1. The van der Waals surface area contributed by atoms with Crippen molar-refractivity contribution < 1.29 is 19.1 Å². The largest absolute Gasteiger partial charge is 0.450 e. The molecule has 4 aliphatic rings. The third-order valence-corrected chi connectivity index (χ3v) is 8.94. The van der Waals surface area contributed by atoms with Crippen LogP contribution in [-0.4, -0.2) is 23.1 Å². The average molecular weight is 411 g/mol. The molecule has 4 heteroatoms. The lowest BCUT2D eigenvalue weighted by atomic mass is 9.49. The molecule has 0 heterocycles. The van der Waals surface area contributed by atoms with Crippen molar-refractivity contribution in [3.05, 3.63) is 35.5 Å². The molecular weight excluding hydrogens is 376 g/mol. The lowest BCUT2D eigenvalue weighted by molar-refractivity contribution is -0.187. The van der Waals surface area contributed by atoms with E-state index < -0.39 is 11.0 Å². The molecule has 2 fully saturated rings. The van der Waals surface area contributed by atoms with Gasteiger partial charge in [-0.3, -0.25) is 14.4 Å². The fraction of sp³-hybridized carbons (Fsp3) is 0.654. The van der Waals surface area contributed by atoms with Crippen LogP contribution in [0.3, 0.4) is 0 Å². The molecule has 0 unspecified atom stereocenters. The first-order valence-corrected chi connectivity index (χ1v) is 11.4. The van der Waals surface area contributed by atoms with Gasteiger partial charge >= 0.3 is 5.97 Å². The summed E-state index contributed by atoms with van der Waals surface area (Å²) in [6, 6.07) is 0. The van der Waals surface area contributed by atoms with Crippen LogP contribution >= 0.6 is 0 Å². The van der Waals surface area contributed by atoms with Crippen LogP contribution in [0.1, 0.15) is 73.1 Å². The van der Waals surface area contributed by atoms with E-state index in [-0.39, 0.29) is 47.1 Å². The van der Waals surface area contributed by atoms with E-state index >= 15 is 0 Å². The summed E-state index contributed by atoms with van der Waals surface area (Å²) in [6.45, 7) is 14.2. The number of esters is 1. The minimum atomic E-state index is -1.08. The predicted octanol–water partition coefficient (Wildman–Crippen LogP) is 5.13. The van der Waals surface area contributed by atoms with Gasteiger partial charge in [-0.05, 0) is 56.1 Å². The second kappa shape index (κ2) is 6.77. The topological polar surface area (TPSA) is 60.4 Å². The highest BCUT2D eigenvalue weighted by molar-refractivity contribution is 5.93. The quantitative estimate of drug-likeness (QED) is 0.478. The van der Waals surface area contributed by atoms with Gasteiger partial charge in [0.1, 0.15) is 0 Å². The first-order chi connectivity index (χ1) is 14.0. The van der Waals surface area contributed by atoms with Crippen LogP contribution in [0.25, 0.3) is 0 Å². The Morgan fingerprint density at radius 2 is 2.00 bits per heavy atom. The molecule has 0 spiro atoms. The van der Waals surface area contributed by atoms with Crippen molar-refractivity contribution in [2.45, 2.75) is 78.7 Å². The van der Waals surface area contributed by atoms with Gasteiger partial charge in [-0.1, -0.05) is 51.5 Å². The lowest BCUT2D eigenvalue weighted by Gasteiger charge is -2.55. The summed E-state index contributed by atoms with van der Waals surface area (Å²) < 4.78 is 6.05. The number of fused-ring (bicyclic) bond motifs is 5. The van der Waals surface area contributed by atoms with Gasteiger partial charge in [0.25, 0.3) is 0 Å². The summed E-state index contributed by atoms with van der Waals surface area (Å²) in [7, 11) is 0. The molecule has 30 heavy (non-hydrogen) atoms. The Labute approximate surface area is 179 Å². The Bertz CT molecular complexity index is 908. The number of hydrogen-bond donors (Lipinski definition) is 0. The molecule has 4 rings (SSSR count). The highest BCUT2D eigenvalue weighted by Crippen LogP contribution is 2.68. The van der Waals surface area contributed by atoms with Crippen molar-refractivity contribution in [1.29, 1.82) is 0 Å². The molecule has 2 saturated carbocycles. The van der Waals surface area contributed by atoms with E-state index in [1.54, 1.807) is 13.8 Å². The third-order valence-electron chi connectivity index (χ3n) is 8.94. The Morgan fingerprint density at radius 1 is 1.30 bits per heavy atom. The molecule has 4 aliphatic carbocycles. The highest BCUT2D eigenvalue weighted by Gasteiger charge is 2.69. The Hall–Kier alpha value is -1.97. The summed E-state index contributed by atoms with van der Waals surface area (Å²) in [6.07, 6.45) is 8.17. The maximum absolute atomic E-state index is 13.1. The van der Waals surface area contributed by atoms with Gasteiger partial charge in [0, 0.05) is 29.6 Å². The van der Waals surface area contributed by atoms with E-state index in [0.29, 0.717) is 12.8 Å². The molecular formula is C26H34O4. The van der Waals surface area contributed by atoms with Gasteiger partial charge in [0.15, 0.2) is 17.2 Å². The molecule has 0 aliphatic heterocycles. The highest BCUT2D eigenvalue weighted by atomic mass is 16.6. The van der Waals surface area contributed by atoms with Crippen molar-refractivity contribution in [3.63, 3.8) is 0 Å². The van der Waals surface area contributed by atoms with Crippen molar-refractivity contribution in [3.8, 4) is 0 Å². The molecule has 0 N–H and O–H groups in total. The Kier molecular flexibility index (Phi) is 4.80. The van der Waals surface area contributed by atoms with E-state index in [2.05, 4.69) is 33.4 Å². The number of rotatable bonds is 3. The van der Waals surface area contributed by atoms with Crippen LogP contribution in [0.15, 0.2) is 35.5 Å². The molecule has 162 valence electrons. The predicted molar refractivity (Wildman–Crippen MR) is 116 cm³/mol. The van der Waals surface area contributed by atoms with Crippen LogP contribution in [0.4, 0.5) is 0 Å². The van der Waals surface area contributed by atoms with Gasteiger partial charge in [0.05, 0.1) is 0 Å². The van der Waals surface area contributed by atoms with E-state index in [9.17, 15) is 14.4 Å².